The number of hydrogen-bond acceptors (Lipinski definition) is 4. The Labute approximate surface area is 172 Å². The molecule has 2 N–H and O–H groups in total. The monoisotopic (exact) mass is 394 g/mol. The number of anilines is 1. The zero-order valence-electron chi connectivity index (χ0n) is 16.2. The number of nitrogens with one attached hydrogen (secondary N) is 2. The van der Waals surface area contributed by atoms with Crippen molar-refractivity contribution in [2.24, 2.45) is 7.05 Å². The molecule has 0 aliphatic rings. The minimum absolute atomic E-state index is 0.285. The van der Waals surface area contributed by atoms with E-state index in [1.54, 1.807) is 36.4 Å². The number of carbonyl (C=O) groups excluding carboxylic acids is 1. The second kappa shape index (κ2) is 7.29. The van der Waals surface area contributed by atoms with Gasteiger partial charge in [0.15, 0.2) is 0 Å². The highest BCUT2D eigenvalue weighted by atomic mass is 16.1. The number of aryl methyl sites for hydroxylation is 1. The maximum absolute atomic E-state index is 12.5. The zero-order valence-corrected chi connectivity index (χ0v) is 16.2. The number of H-pyrrole nitrogens is 1. The minimum Gasteiger partial charge on any atom is -0.339 e. The molecule has 4 aromatic heterocycles. The molecule has 30 heavy (non-hydrogen) atoms. The molecule has 7 nitrogen and oxygen atoms in total. The number of rotatable bonds is 4. The molecule has 5 rings (SSSR count). The summed E-state index contributed by atoms with van der Waals surface area (Å²) in [5.74, 6) is -0.285. The topological polar surface area (TPSA) is 88.5 Å². The average molecular weight is 394 g/mol. The summed E-state index contributed by atoms with van der Waals surface area (Å²) in [5, 5.41) is 7.84. The van der Waals surface area contributed by atoms with Crippen LogP contribution in [0.15, 0.2) is 79.3 Å². The molecule has 0 aliphatic heterocycles. The molecule has 4 heterocycles. The van der Waals surface area contributed by atoms with E-state index in [1.165, 1.54) is 0 Å². The van der Waals surface area contributed by atoms with Crippen molar-refractivity contribution >= 4 is 22.6 Å². The van der Waals surface area contributed by atoms with Crippen LogP contribution in [-0.2, 0) is 7.05 Å². The molecule has 0 bridgehead atoms. The van der Waals surface area contributed by atoms with Gasteiger partial charge in [0, 0.05) is 36.1 Å². The van der Waals surface area contributed by atoms with Crippen molar-refractivity contribution in [2.75, 3.05) is 5.32 Å². The van der Waals surface area contributed by atoms with Crippen molar-refractivity contribution in [1.82, 2.24) is 24.7 Å². The van der Waals surface area contributed by atoms with Gasteiger partial charge in [0.25, 0.3) is 5.91 Å². The molecule has 0 fully saturated rings. The predicted molar refractivity (Wildman–Crippen MR) is 116 cm³/mol. The molecular formula is C23H18N6O. The van der Waals surface area contributed by atoms with Crippen molar-refractivity contribution in [3.63, 3.8) is 0 Å². The molecular weight excluding hydrogens is 376 g/mol. The third-order valence-electron chi connectivity index (χ3n) is 4.80. The number of carbonyl (C=O) groups is 1. The number of benzene rings is 1. The van der Waals surface area contributed by atoms with Gasteiger partial charge in [-0.3, -0.25) is 9.48 Å². The highest BCUT2D eigenvalue weighted by Gasteiger charge is 2.12. The second-order valence-corrected chi connectivity index (χ2v) is 6.98. The van der Waals surface area contributed by atoms with Crippen LogP contribution in [0.25, 0.3) is 33.5 Å². The summed E-state index contributed by atoms with van der Waals surface area (Å²) < 4.78 is 1.63. The summed E-state index contributed by atoms with van der Waals surface area (Å²) in [4.78, 5) is 25.0. The molecule has 1 aromatic carbocycles. The maximum Gasteiger partial charge on any atom is 0.274 e. The fourth-order valence-electron chi connectivity index (χ4n) is 3.33. The van der Waals surface area contributed by atoms with E-state index in [1.807, 2.05) is 36.4 Å². The Morgan fingerprint density at radius 3 is 2.67 bits per heavy atom. The number of pyridine rings is 2. The smallest absolute Gasteiger partial charge is 0.274 e. The van der Waals surface area contributed by atoms with E-state index in [0.717, 1.165) is 27.9 Å². The first-order valence-corrected chi connectivity index (χ1v) is 9.47. The van der Waals surface area contributed by atoms with Crippen molar-refractivity contribution in [1.29, 1.82) is 0 Å². The van der Waals surface area contributed by atoms with Gasteiger partial charge in [-0.25, -0.2) is 9.97 Å². The Hall–Kier alpha value is -4.26. The largest absolute Gasteiger partial charge is 0.339 e. The van der Waals surface area contributed by atoms with E-state index in [-0.39, 0.29) is 5.91 Å². The van der Waals surface area contributed by atoms with Gasteiger partial charge in [0.1, 0.15) is 11.3 Å². The van der Waals surface area contributed by atoms with Crippen LogP contribution in [0.1, 0.15) is 10.5 Å². The summed E-state index contributed by atoms with van der Waals surface area (Å²) >= 11 is 0. The van der Waals surface area contributed by atoms with Gasteiger partial charge < -0.3 is 10.3 Å². The van der Waals surface area contributed by atoms with E-state index in [0.29, 0.717) is 17.1 Å². The fraction of sp³-hybridized carbons (Fsp3) is 0.0435. The summed E-state index contributed by atoms with van der Waals surface area (Å²) in [6, 6.07) is 19.6. The third-order valence-corrected chi connectivity index (χ3v) is 4.80. The molecule has 1 amide bonds. The number of amides is 1. The van der Waals surface area contributed by atoms with E-state index >= 15 is 0 Å². The van der Waals surface area contributed by atoms with Crippen molar-refractivity contribution in [3.8, 4) is 22.5 Å². The number of aromatic nitrogens is 5. The fourth-order valence-corrected chi connectivity index (χ4v) is 3.33. The van der Waals surface area contributed by atoms with Crippen LogP contribution in [0.5, 0.6) is 0 Å². The molecule has 146 valence electrons. The average Bonchev–Trinajstić information content (AvgIpc) is 3.39. The lowest BCUT2D eigenvalue weighted by molar-refractivity contribution is 0.102. The van der Waals surface area contributed by atoms with Gasteiger partial charge in [-0.1, -0.05) is 36.4 Å². The lowest BCUT2D eigenvalue weighted by Gasteiger charge is -2.05. The number of nitrogens with zero attached hydrogens (tertiary/aromatic N) is 4. The summed E-state index contributed by atoms with van der Waals surface area (Å²) in [6.45, 7) is 0. The Balaban J connectivity index is 1.45. The van der Waals surface area contributed by atoms with E-state index in [2.05, 4.69) is 43.6 Å². The maximum atomic E-state index is 12.5. The highest BCUT2D eigenvalue weighted by Crippen LogP contribution is 2.26. The standard InChI is InChI=1S/C23H18N6O/c1-29-14-18(13-25-29)26-23(30)20-9-5-8-19(27-20)17-10-16-11-21(28-22(16)24-12-17)15-6-3-2-4-7-15/h2-14H,1H3,(H,24,28)(H,26,30). The molecule has 0 aliphatic carbocycles. The molecule has 0 atom stereocenters. The van der Waals surface area contributed by atoms with Crippen molar-refractivity contribution in [2.45, 2.75) is 0 Å². The van der Waals surface area contributed by atoms with Crippen LogP contribution in [0.3, 0.4) is 0 Å². The molecule has 5 aromatic rings. The first-order valence-electron chi connectivity index (χ1n) is 9.47. The molecule has 7 heteroatoms. The van der Waals surface area contributed by atoms with Crippen LogP contribution in [-0.4, -0.2) is 30.6 Å². The molecule has 0 saturated heterocycles. The quantitative estimate of drug-likeness (QED) is 0.476. The number of aromatic amines is 1. The van der Waals surface area contributed by atoms with E-state index in [4.69, 9.17) is 0 Å². The zero-order chi connectivity index (χ0) is 20.5. The van der Waals surface area contributed by atoms with Gasteiger partial charge in [-0.05, 0) is 29.8 Å². The summed E-state index contributed by atoms with van der Waals surface area (Å²) in [6.07, 6.45) is 5.09. The predicted octanol–water partition coefficient (Wildman–Crippen LogP) is 4.28. The van der Waals surface area contributed by atoms with Crippen LogP contribution < -0.4 is 5.32 Å². The summed E-state index contributed by atoms with van der Waals surface area (Å²) in [5.41, 5.74) is 5.40. The molecule has 0 spiro atoms. The normalized spacial score (nSPS) is 11.0. The molecule has 0 saturated carbocycles. The Morgan fingerprint density at radius 2 is 1.87 bits per heavy atom. The van der Waals surface area contributed by atoms with Crippen LogP contribution in [0, 0.1) is 0 Å². The van der Waals surface area contributed by atoms with Crippen molar-refractivity contribution in [3.05, 3.63) is 84.9 Å². The lowest BCUT2D eigenvalue weighted by Crippen LogP contribution is -2.13. The first-order chi connectivity index (χ1) is 14.7. The second-order valence-electron chi connectivity index (χ2n) is 6.98. The third kappa shape index (κ3) is 3.44. The molecule has 0 radical (unpaired) electrons. The van der Waals surface area contributed by atoms with Gasteiger partial charge >= 0.3 is 0 Å². The van der Waals surface area contributed by atoms with Crippen LogP contribution in [0.4, 0.5) is 5.69 Å². The van der Waals surface area contributed by atoms with E-state index in [9.17, 15) is 4.79 Å². The highest BCUT2D eigenvalue weighted by molar-refractivity contribution is 6.03. The first kappa shape index (κ1) is 17.8. The SMILES string of the molecule is Cn1cc(NC(=O)c2cccc(-c3cnc4[nH]c(-c5ccccc5)cc4c3)n2)cn1. The Kier molecular flexibility index (Phi) is 4.33. The number of hydrogen-bond donors (Lipinski definition) is 2. The lowest BCUT2D eigenvalue weighted by atomic mass is 10.1. The Morgan fingerprint density at radius 1 is 1.00 bits per heavy atom. The van der Waals surface area contributed by atoms with E-state index < -0.39 is 0 Å². The summed E-state index contributed by atoms with van der Waals surface area (Å²) in [7, 11) is 1.79. The van der Waals surface area contributed by atoms with Gasteiger partial charge in [-0.15, -0.1) is 0 Å². The minimum atomic E-state index is -0.285. The number of fused-ring (bicyclic) bond motifs is 1. The van der Waals surface area contributed by atoms with Crippen LogP contribution >= 0.6 is 0 Å². The molecule has 0 unspecified atom stereocenters. The Bertz CT molecular complexity index is 1350. The van der Waals surface area contributed by atoms with Gasteiger partial charge in [-0.2, -0.15) is 5.10 Å². The van der Waals surface area contributed by atoms with Crippen LogP contribution in [0.2, 0.25) is 0 Å². The van der Waals surface area contributed by atoms with Crippen molar-refractivity contribution < 1.29 is 4.79 Å². The van der Waals surface area contributed by atoms with Gasteiger partial charge in [0.2, 0.25) is 0 Å². The van der Waals surface area contributed by atoms with Gasteiger partial charge in [0.05, 0.1) is 17.6 Å².